The van der Waals surface area contributed by atoms with E-state index in [-0.39, 0.29) is 19.6 Å². The largest absolute Gasteiger partial charge is 0.443 e. The summed E-state index contributed by atoms with van der Waals surface area (Å²) in [6.45, 7) is 9.21. The molecule has 1 aliphatic rings. The van der Waals surface area contributed by atoms with E-state index in [1.807, 2.05) is 0 Å². The number of rotatable bonds is 7. The van der Waals surface area contributed by atoms with Crippen molar-refractivity contribution in [1.29, 1.82) is 0 Å². The number of nitrogens with zero attached hydrogens (tertiary/aromatic N) is 3. The number of nitrogens with one attached hydrogen (secondary N) is 1. The van der Waals surface area contributed by atoms with Crippen LogP contribution in [0.2, 0.25) is 0 Å². The van der Waals surface area contributed by atoms with Crippen molar-refractivity contribution in [2.24, 2.45) is 10.7 Å². The Morgan fingerprint density at radius 2 is 1.82 bits per heavy atom. The second-order valence-electron chi connectivity index (χ2n) is 10.5. The predicted octanol–water partition coefficient (Wildman–Crippen LogP) is 0.0494. The van der Waals surface area contributed by atoms with Crippen LogP contribution >= 0.6 is 0 Å². The fraction of sp³-hybridized carbons (Fsp3) is 0.696. The minimum Gasteiger partial charge on any atom is -0.443 e. The van der Waals surface area contributed by atoms with Crippen molar-refractivity contribution in [3.8, 4) is 0 Å². The Kier molecular flexibility index (Phi) is 10.2. The Morgan fingerprint density at radius 3 is 2.37 bits per heavy atom. The maximum absolute atomic E-state index is 12.7. The quantitative estimate of drug-likeness (QED) is 0.205. The van der Waals surface area contributed by atoms with Gasteiger partial charge in [0.25, 0.3) is 5.56 Å². The van der Waals surface area contributed by atoms with Crippen LogP contribution in [0.25, 0.3) is 0 Å². The number of ether oxygens (including phenoxy) is 4. The van der Waals surface area contributed by atoms with Gasteiger partial charge in [0, 0.05) is 25.4 Å². The zero-order chi connectivity index (χ0) is 28.8. The van der Waals surface area contributed by atoms with Crippen LogP contribution in [-0.2, 0) is 18.9 Å². The summed E-state index contributed by atoms with van der Waals surface area (Å²) in [5.74, 6) is -0.448. The summed E-state index contributed by atoms with van der Waals surface area (Å²) in [6, 6.07) is 1.10. The Hall–Kier alpha value is -3.27. The number of aliphatic hydroxyl groups excluding tert-OH is 2. The van der Waals surface area contributed by atoms with E-state index in [4.69, 9.17) is 24.7 Å². The number of hydrogen-bond donors (Lipinski definition) is 4. The smallest absolute Gasteiger partial charge is 0.437 e. The van der Waals surface area contributed by atoms with E-state index in [0.717, 1.165) is 15.5 Å². The number of H-pyrrole nitrogens is 1. The van der Waals surface area contributed by atoms with E-state index in [0.29, 0.717) is 0 Å². The predicted molar refractivity (Wildman–Crippen MR) is 133 cm³/mol. The van der Waals surface area contributed by atoms with Gasteiger partial charge in [-0.3, -0.25) is 14.3 Å². The highest BCUT2D eigenvalue weighted by atomic mass is 16.6. The van der Waals surface area contributed by atoms with Crippen molar-refractivity contribution >= 4 is 18.1 Å². The second kappa shape index (κ2) is 12.5. The number of guanidine groups is 1. The molecule has 2 rings (SSSR count). The van der Waals surface area contributed by atoms with Crippen LogP contribution in [0, 0.1) is 0 Å². The molecule has 38 heavy (non-hydrogen) atoms. The average Bonchev–Trinajstić information content (AvgIpc) is 3.06. The van der Waals surface area contributed by atoms with Crippen LogP contribution in [0.4, 0.5) is 9.59 Å². The van der Waals surface area contributed by atoms with Gasteiger partial charge in [-0.15, -0.1) is 4.99 Å². The minimum atomic E-state index is -1.30. The van der Waals surface area contributed by atoms with Gasteiger partial charge < -0.3 is 34.9 Å². The molecule has 0 saturated carbocycles. The fourth-order valence-electron chi connectivity index (χ4n) is 3.40. The molecule has 0 unspecified atom stereocenters. The van der Waals surface area contributed by atoms with Gasteiger partial charge in [0.1, 0.15) is 29.5 Å². The highest BCUT2D eigenvalue weighted by molar-refractivity contribution is 5.98. The number of amides is 2. The number of carbonyl (C=O) groups excluding carboxylic acids is 2. The summed E-state index contributed by atoms with van der Waals surface area (Å²) >= 11 is 0. The minimum absolute atomic E-state index is 0.0726. The van der Waals surface area contributed by atoms with Gasteiger partial charge in [-0.2, -0.15) is 0 Å². The molecule has 2 heterocycles. The standard InChI is InChI=1S/C23H37N5O10/c1-22(2,3)37-20(33)26-18(24)28(21(34)38-23(4,5)6)9-7-11-35-16-15(31)13(12-29)36-17(16)27-10-8-14(30)25-19(27)32/h8,10,13,15-17,29,31H,7,9,11-12H2,1-6H3,(H2,24,26,33)(H,25,30,32)/t13-,15-,16-,17-/m1/s1. The first-order valence-electron chi connectivity index (χ1n) is 12.0. The molecule has 15 heteroatoms. The zero-order valence-electron chi connectivity index (χ0n) is 22.4. The molecule has 5 N–H and O–H groups in total. The number of aromatic amines is 1. The molecular weight excluding hydrogens is 506 g/mol. The van der Waals surface area contributed by atoms with Gasteiger partial charge in [0.05, 0.1) is 6.61 Å². The van der Waals surface area contributed by atoms with E-state index in [9.17, 15) is 29.4 Å². The van der Waals surface area contributed by atoms with E-state index in [1.165, 1.54) is 6.20 Å². The number of hydrogen-bond acceptors (Lipinski definition) is 10. The van der Waals surface area contributed by atoms with Crippen molar-refractivity contribution in [1.82, 2.24) is 14.5 Å². The molecule has 1 aliphatic heterocycles. The topological polar surface area (TPSA) is 208 Å². The number of carbonyl (C=O) groups is 2. The lowest BCUT2D eigenvalue weighted by Gasteiger charge is -2.27. The molecule has 0 spiro atoms. The number of aliphatic imine (C=N–C) groups is 1. The van der Waals surface area contributed by atoms with Crippen molar-refractivity contribution in [2.75, 3.05) is 19.8 Å². The molecule has 1 saturated heterocycles. The number of aliphatic hydroxyl groups is 2. The molecule has 0 bridgehead atoms. The number of aromatic nitrogens is 2. The average molecular weight is 544 g/mol. The van der Waals surface area contributed by atoms with Gasteiger partial charge in [-0.1, -0.05) is 0 Å². The van der Waals surface area contributed by atoms with Crippen molar-refractivity contribution in [2.45, 2.75) is 83.7 Å². The van der Waals surface area contributed by atoms with Crippen molar-refractivity contribution in [3.05, 3.63) is 33.1 Å². The molecule has 0 aromatic carbocycles. The van der Waals surface area contributed by atoms with Crippen LogP contribution < -0.4 is 17.0 Å². The fourth-order valence-corrected chi connectivity index (χ4v) is 3.40. The normalized spacial score (nSPS) is 22.3. The summed E-state index contributed by atoms with van der Waals surface area (Å²) in [4.78, 5) is 55.2. The van der Waals surface area contributed by atoms with Crippen LogP contribution in [0.15, 0.2) is 26.8 Å². The van der Waals surface area contributed by atoms with Gasteiger partial charge in [-0.25, -0.2) is 19.3 Å². The zero-order valence-corrected chi connectivity index (χ0v) is 22.4. The maximum atomic E-state index is 12.7. The van der Waals surface area contributed by atoms with E-state index < -0.39 is 71.7 Å². The van der Waals surface area contributed by atoms with E-state index in [2.05, 4.69) is 9.98 Å². The second-order valence-corrected chi connectivity index (χ2v) is 10.5. The van der Waals surface area contributed by atoms with Crippen LogP contribution in [0.3, 0.4) is 0 Å². The number of nitrogens with two attached hydrogens (primary N) is 1. The van der Waals surface area contributed by atoms with Gasteiger partial charge in [0.15, 0.2) is 6.23 Å². The van der Waals surface area contributed by atoms with Crippen LogP contribution in [0.1, 0.15) is 54.2 Å². The molecular formula is C23H37N5O10. The molecule has 1 fully saturated rings. The van der Waals surface area contributed by atoms with Gasteiger partial charge >= 0.3 is 17.9 Å². The van der Waals surface area contributed by atoms with Gasteiger partial charge in [-0.05, 0) is 48.0 Å². The Labute approximate surface area is 219 Å². The molecule has 2 amide bonds. The first-order chi connectivity index (χ1) is 17.5. The molecule has 214 valence electrons. The highest BCUT2D eigenvalue weighted by Gasteiger charge is 2.45. The van der Waals surface area contributed by atoms with Crippen LogP contribution in [0.5, 0.6) is 0 Å². The monoisotopic (exact) mass is 543 g/mol. The third kappa shape index (κ3) is 8.93. The lowest BCUT2D eigenvalue weighted by atomic mass is 10.1. The third-order valence-electron chi connectivity index (χ3n) is 4.94. The lowest BCUT2D eigenvalue weighted by molar-refractivity contribution is -0.0751. The summed E-state index contributed by atoms with van der Waals surface area (Å²) < 4.78 is 22.8. The molecule has 0 aliphatic carbocycles. The highest BCUT2D eigenvalue weighted by Crippen LogP contribution is 2.30. The third-order valence-corrected chi connectivity index (χ3v) is 4.94. The Bertz CT molecular complexity index is 1120. The lowest BCUT2D eigenvalue weighted by Crippen LogP contribution is -2.46. The van der Waals surface area contributed by atoms with Crippen LogP contribution in [-0.4, -0.2) is 92.1 Å². The molecule has 4 atom stereocenters. The van der Waals surface area contributed by atoms with Crippen molar-refractivity contribution < 1.29 is 38.7 Å². The maximum Gasteiger partial charge on any atom is 0.437 e. The first kappa shape index (κ1) is 31.0. The SMILES string of the molecule is CC(C)(C)OC(=O)N=C(N)N(CCCO[C@@H]1[C@H](O)[C@@H](CO)O[C@H]1n1ccc(=O)[nH]c1=O)C(=O)OC(C)(C)C. The summed E-state index contributed by atoms with van der Waals surface area (Å²) in [5, 5.41) is 20.1. The summed E-state index contributed by atoms with van der Waals surface area (Å²) in [7, 11) is 0. The first-order valence-corrected chi connectivity index (χ1v) is 12.0. The Balaban J connectivity index is 2.14. The van der Waals surface area contributed by atoms with Crippen molar-refractivity contribution in [3.63, 3.8) is 0 Å². The summed E-state index contributed by atoms with van der Waals surface area (Å²) in [6.07, 6.45) is -5.12. The molecule has 1 aromatic heterocycles. The van der Waals surface area contributed by atoms with Gasteiger partial charge in [0.2, 0.25) is 5.96 Å². The molecule has 15 nitrogen and oxygen atoms in total. The van der Waals surface area contributed by atoms with E-state index >= 15 is 0 Å². The molecule has 0 radical (unpaired) electrons. The Morgan fingerprint density at radius 1 is 1.18 bits per heavy atom. The molecule has 1 aromatic rings. The summed E-state index contributed by atoms with van der Waals surface area (Å²) in [5.41, 5.74) is 2.83. The van der Waals surface area contributed by atoms with E-state index in [1.54, 1.807) is 41.5 Å².